The van der Waals surface area contributed by atoms with Crippen molar-refractivity contribution >= 4 is 45.6 Å². The van der Waals surface area contributed by atoms with Crippen LogP contribution in [0.2, 0.25) is 5.02 Å². The summed E-state index contributed by atoms with van der Waals surface area (Å²) in [5.74, 6) is 0. The second kappa shape index (κ2) is 5.71. The Morgan fingerprint density at radius 2 is 1.88 bits per heavy atom. The first-order valence-corrected chi connectivity index (χ1v) is 6.86. The van der Waals surface area contributed by atoms with Crippen molar-refractivity contribution in [3.63, 3.8) is 0 Å². The third-order valence-corrected chi connectivity index (χ3v) is 4.66. The first-order chi connectivity index (χ1) is 8.20. The molecule has 0 saturated heterocycles. The fraction of sp³-hybridized carbons (Fsp3) is 0. The first-order valence-electron chi connectivity index (χ1n) is 4.88. The van der Waals surface area contributed by atoms with Gasteiger partial charge in [-0.15, -0.1) is 0 Å². The maximum Gasteiger partial charge on any atom is 0.150 e. The van der Waals surface area contributed by atoms with E-state index in [1.165, 1.54) is 0 Å². The molecule has 0 heterocycles. The van der Waals surface area contributed by atoms with Crippen molar-refractivity contribution in [2.45, 2.75) is 9.79 Å². The Morgan fingerprint density at radius 3 is 2.53 bits per heavy atom. The number of carbonyl (C=O) groups excluding carboxylic acids is 1. The van der Waals surface area contributed by atoms with Gasteiger partial charge in [0.2, 0.25) is 0 Å². The number of hydrogen-bond donors (Lipinski definition) is 0. The van der Waals surface area contributed by atoms with Gasteiger partial charge in [-0.1, -0.05) is 41.6 Å². The molecule has 0 radical (unpaired) electrons. The SMILES string of the molecule is O=Cc1ccc(Sc2ccccc2Cl)c(Br)c1. The molecule has 86 valence electrons. The molecule has 0 bridgehead atoms. The molecule has 0 atom stereocenters. The van der Waals surface area contributed by atoms with Gasteiger partial charge in [0.05, 0.1) is 5.02 Å². The van der Waals surface area contributed by atoms with Crippen LogP contribution in [0.15, 0.2) is 56.7 Å². The van der Waals surface area contributed by atoms with Crippen molar-refractivity contribution in [1.82, 2.24) is 0 Å². The predicted molar refractivity (Wildman–Crippen MR) is 75.1 cm³/mol. The fourth-order valence-corrected chi connectivity index (χ4v) is 3.05. The number of carbonyl (C=O) groups is 1. The second-order valence-corrected chi connectivity index (χ2v) is 5.69. The molecule has 0 amide bonds. The van der Waals surface area contributed by atoms with E-state index in [-0.39, 0.29) is 0 Å². The van der Waals surface area contributed by atoms with E-state index in [0.29, 0.717) is 5.56 Å². The average Bonchev–Trinajstić information content (AvgIpc) is 2.34. The molecular formula is C13H8BrClOS. The molecule has 4 heteroatoms. The van der Waals surface area contributed by atoms with Crippen LogP contribution in [0.3, 0.4) is 0 Å². The lowest BCUT2D eigenvalue weighted by Gasteiger charge is -2.06. The molecule has 2 aromatic rings. The molecule has 0 unspecified atom stereocenters. The maximum atomic E-state index is 10.6. The molecule has 1 nitrogen and oxygen atoms in total. The Balaban J connectivity index is 2.31. The molecule has 0 fully saturated rings. The highest BCUT2D eigenvalue weighted by Crippen LogP contribution is 2.37. The van der Waals surface area contributed by atoms with Crippen LogP contribution in [0, 0.1) is 0 Å². The molecule has 0 spiro atoms. The summed E-state index contributed by atoms with van der Waals surface area (Å²) in [6.07, 6.45) is 0.828. The molecule has 2 rings (SSSR count). The van der Waals surface area contributed by atoms with Crippen molar-refractivity contribution in [2.24, 2.45) is 0 Å². The molecule has 0 saturated carbocycles. The van der Waals surface area contributed by atoms with Gasteiger partial charge in [0, 0.05) is 19.8 Å². The predicted octanol–water partition coefficient (Wildman–Crippen LogP) is 5.07. The Labute approximate surface area is 117 Å². The minimum Gasteiger partial charge on any atom is -0.298 e. The summed E-state index contributed by atoms with van der Waals surface area (Å²) >= 11 is 11.1. The number of rotatable bonds is 3. The van der Waals surface area contributed by atoms with Crippen molar-refractivity contribution < 1.29 is 4.79 Å². The van der Waals surface area contributed by atoms with Crippen LogP contribution in [-0.2, 0) is 0 Å². The summed E-state index contributed by atoms with van der Waals surface area (Å²) in [5.41, 5.74) is 0.653. The van der Waals surface area contributed by atoms with E-state index in [4.69, 9.17) is 11.6 Å². The maximum absolute atomic E-state index is 10.6. The summed E-state index contributed by atoms with van der Waals surface area (Å²) in [5, 5.41) is 0.726. The van der Waals surface area contributed by atoms with Gasteiger partial charge < -0.3 is 0 Å². The van der Waals surface area contributed by atoms with Gasteiger partial charge in [0.25, 0.3) is 0 Å². The standard InChI is InChI=1S/C13H8BrClOS/c14-10-7-9(8-16)5-6-12(10)17-13-4-2-1-3-11(13)15/h1-8H. The van der Waals surface area contributed by atoms with Crippen molar-refractivity contribution in [3.05, 3.63) is 57.5 Å². The first kappa shape index (κ1) is 12.7. The van der Waals surface area contributed by atoms with E-state index in [9.17, 15) is 4.79 Å². The quantitative estimate of drug-likeness (QED) is 0.732. The summed E-state index contributed by atoms with van der Waals surface area (Å²) in [7, 11) is 0. The monoisotopic (exact) mass is 326 g/mol. The van der Waals surface area contributed by atoms with Gasteiger partial charge in [0.1, 0.15) is 6.29 Å². The largest absolute Gasteiger partial charge is 0.298 e. The van der Waals surface area contributed by atoms with Crippen LogP contribution >= 0.6 is 39.3 Å². The lowest BCUT2D eigenvalue weighted by atomic mass is 10.2. The van der Waals surface area contributed by atoms with Crippen LogP contribution in [0.1, 0.15) is 10.4 Å². The molecular weight excluding hydrogens is 320 g/mol. The average molecular weight is 328 g/mol. The van der Waals surface area contributed by atoms with Crippen LogP contribution in [0.5, 0.6) is 0 Å². The molecule has 0 N–H and O–H groups in total. The minimum absolute atomic E-state index is 0.653. The molecule has 17 heavy (non-hydrogen) atoms. The van der Waals surface area contributed by atoms with Gasteiger partial charge in [-0.25, -0.2) is 0 Å². The summed E-state index contributed by atoms with van der Waals surface area (Å²) in [6.45, 7) is 0. The van der Waals surface area contributed by atoms with Crippen LogP contribution in [0.4, 0.5) is 0 Å². The van der Waals surface area contributed by atoms with E-state index in [0.717, 1.165) is 25.6 Å². The fourth-order valence-electron chi connectivity index (χ4n) is 1.32. The molecule has 0 aliphatic heterocycles. The van der Waals surface area contributed by atoms with E-state index in [2.05, 4.69) is 15.9 Å². The number of hydrogen-bond acceptors (Lipinski definition) is 2. The second-order valence-electron chi connectivity index (χ2n) is 3.34. The van der Waals surface area contributed by atoms with Crippen LogP contribution in [0.25, 0.3) is 0 Å². The normalized spacial score (nSPS) is 10.2. The zero-order valence-electron chi connectivity index (χ0n) is 8.69. The molecule has 0 aliphatic rings. The summed E-state index contributed by atoms with van der Waals surface area (Å²) in [6, 6.07) is 13.2. The van der Waals surface area contributed by atoms with Gasteiger partial charge in [-0.2, -0.15) is 0 Å². The van der Waals surface area contributed by atoms with E-state index in [1.807, 2.05) is 30.3 Å². The topological polar surface area (TPSA) is 17.1 Å². The highest BCUT2D eigenvalue weighted by Gasteiger charge is 2.06. The zero-order valence-corrected chi connectivity index (χ0v) is 11.8. The van der Waals surface area contributed by atoms with E-state index < -0.39 is 0 Å². The molecule has 0 aliphatic carbocycles. The van der Waals surface area contributed by atoms with Crippen LogP contribution in [-0.4, -0.2) is 6.29 Å². The lowest BCUT2D eigenvalue weighted by molar-refractivity contribution is 0.112. The molecule has 2 aromatic carbocycles. The Bertz CT molecular complexity index is 557. The van der Waals surface area contributed by atoms with Crippen molar-refractivity contribution in [2.75, 3.05) is 0 Å². The third-order valence-electron chi connectivity index (χ3n) is 2.15. The van der Waals surface area contributed by atoms with E-state index >= 15 is 0 Å². The summed E-state index contributed by atoms with van der Waals surface area (Å²) in [4.78, 5) is 12.7. The van der Waals surface area contributed by atoms with Gasteiger partial charge in [-0.3, -0.25) is 4.79 Å². The highest BCUT2D eigenvalue weighted by atomic mass is 79.9. The van der Waals surface area contributed by atoms with Crippen molar-refractivity contribution in [1.29, 1.82) is 0 Å². The summed E-state index contributed by atoms with van der Waals surface area (Å²) < 4.78 is 0.895. The minimum atomic E-state index is 0.653. The van der Waals surface area contributed by atoms with Gasteiger partial charge in [0.15, 0.2) is 0 Å². The van der Waals surface area contributed by atoms with Crippen LogP contribution < -0.4 is 0 Å². The number of benzene rings is 2. The van der Waals surface area contributed by atoms with Gasteiger partial charge >= 0.3 is 0 Å². The third kappa shape index (κ3) is 3.12. The Morgan fingerprint density at radius 1 is 1.12 bits per heavy atom. The smallest absolute Gasteiger partial charge is 0.150 e. The highest BCUT2D eigenvalue weighted by molar-refractivity contribution is 9.10. The number of halogens is 2. The lowest BCUT2D eigenvalue weighted by Crippen LogP contribution is -1.82. The van der Waals surface area contributed by atoms with E-state index in [1.54, 1.807) is 23.9 Å². The Kier molecular flexibility index (Phi) is 4.26. The Hall–Kier alpha value is -0.770. The van der Waals surface area contributed by atoms with Gasteiger partial charge in [-0.05, 0) is 40.2 Å². The molecule has 0 aromatic heterocycles. The zero-order chi connectivity index (χ0) is 12.3. The number of aldehydes is 1. The van der Waals surface area contributed by atoms with Crippen molar-refractivity contribution in [3.8, 4) is 0 Å².